The largest absolute Gasteiger partial charge is 0.330 e. The molecule has 1 saturated heterocycles. The summed E-state index contributed by atoms with van der Waals surface area (Å²) >= 11 is 0. The van der Waals surface area contributed by atoms with Crippen molar-refractivity contribution < 1.29 is 0 Å². The number of rotatable bonds is 2. The lowest BCUT2D eigenvalue weighted by Crippen LogP contribution is -2.36. The van der Waals surface area contributed by atoms with Crippen molar-refractivity contribution in [3.8, 4) is 0 Å². The Balaban J connectivity index is 1.94. The molecular formula is C12H22N2. The normalized spacial score (nSPS) is 39.1. The molecule has 0 radical (unpaired) electrons. The first kappa shape index (κ1) is 10.2. The Morgan fingerprint density at radius 1 is 1.57 bits per heavy atom. The third kappa shape index (κ3) is 2.01. The van der Waals surface area contributed by atoms with Gasteiger partial charge in [0.1, 0.15) is 0 Å². The van der Waals surface area contributed by atoms with Crippen LogP contribution in [-0.2, 0) is 0 Å². The van der Waals surface area contributed by atoms with E-state index in [0.29, 0.717) is 11.5 Å². The van der Waals surface area contributed by atoms with Crippen LogP contribution in [0.15, 0.2) is 12.2 Å². The SMILES string of the molecule is CC1(CN)CCN(C2C=CCCC2)C1. The van der Waals surface area contributed by atoms with Gasteiger partial charge in [-0.3, -0.25) is 4.90 Å². The minimum Gasteiger partial charge on any atom is -0.330 e. The van der Waals surface area contributed by atoms with Crippen LogP contribution in [0.5, 0.6) is 0 Å². The molecule has 80 valence electrons. The Morgan fingerprint density at radius 3 is 3.00 bits per heavy atom. The monoisotopic (exact) mass is 194 g/mol. The fourth-order valence-corrected chi connectivity index (χ4v) is 2.61. The van der Waals surface area contributed by atoms with E-state index in [1.54, 1.807) is 0 Å². The molecule has 1 aliphatic carbocycles. The average Bonchev–Trinajstić information content (AvgIpc) is 2.63. The quantitative estimate of drug-likeness (QED) is 0.679. The molecule has 14 heavy (non-hydrogen) atoms. The molecule has 1 aliphatic heterocycles. The summed E-state index contributed by atoms with van der Waals surface area (Å²) in [5.74, 6) is 0. The molecule has 0 amide bonds. The fraction of sp³-hybridized carbons (Fsp3) is 0.833. The van der Waals surface area contributed by atoms with Crippen LogP contribution >= 0.6 is 0 Å². The van der Waals surface area contributed by atoms with Crippen LogP contribution in [0.3, 0.4) is 0 Å². The molecule has 0 saturated carbocycles. The maximum atomic E-state index is 5.82. The smallest absolute Gasteiger partial charge is 0.0278 e. The number of hydrogen-bond donors (Lipinski definition) is 1. The molecule has 1 fully saturated rings. The standard InChI is InChI=1S/C12H22N2/c1-12(9-13)7-8-14(10-12)11-5-3-2-4-6-11/h3,5,11H,2,4,6-10,13H2,1H3. The van der Waals surface area contributed by atoms with Gasteiger partial charge in [0, 0.05) is 12.6 Å². The second-order valence-electron chi connectivity index (χ2n) is 5.16. The first-order chi connectivity index (χ1) is 6.73. The number of likely N-dealkylation sites (tertiary alicyclic amines) is 1. The molecular weight excluding hydrogens is 172 g/mol. The van der Waals surface area contributed by atoms with Crippen LogP contribution in [0, 0.1) is 5.41 Å². The van der Waals surface area contributed by atoms with Crippen LogP contribution in [0.25, 0.3) is 0 Å². The summed E-state index contributed by atoms with van der Waals surface area (Å²) in [5.41, 5.74) is 6.20. The lowest BCUT2D eigenvalue weighted by atomic mass is 9.90. The molecule has 2 aliphatic rings. The van der Waals surface area contributed by atoms with Gasteiger partial charge in [-0.15, -0.1) is 0 Å². The van der Waals surface area contributed by atoms with Gasteiger partial charge < -0.3 is 5.73 Å². The predicted molar refractivity (Wildman–Crippen MR) is 60.1 cm³/mol. The summed E-state index contributed by atoms with van der Waals surface area (Å²) in [7, 11) is 0. The second-order valence-corrected chi connectivity index (χ2v) is 5.16. The van der Waals surface area contributed by atoms with Gasteiger partial charge in [-0.2, -0.15) is 0 Å². The zero-order chi connectivity index (χ0) is 10.0. The van der Waals surface area contributed by atoms with Crippen LogP contribution in [0.4, 0.5) is 0 Å². The Hall–Kier alpha value is -0.340. The topological polar surface area (TPSA) is 29.3 Å². The van der Waals surface area contributed by atoms with Crippen molar-refractivity contribution >= 4 is 0 Å². The summed E-state index contributed by atoms with van der Waals surface area (Å²) in [5, 5.41) is 0. The van der Waals surface area contributed by atoms with Gasteiger partial charge in [-0.1, -0.05) is 19.1 Å². The third-order valence-electron chi connectivity index (χ3n) is 3.78. The van der Waals surface area contributed by atoms with Gasteiger partial charge in [0.2, 0.25) is 0 Å². The molecule has 0 aromatic rings. The highest BCUT2D eigenvalue weighted by Crippen LogP contribution is 2.31. The molecule has 1 heterocycles. The molecule has 2 N–H and O–H groups in total. The lowest BCUT2D eigenvalue weighted by molar-refractivity contribution is 0.229. The van der Waals surface area contributed by atoms with E-state index in [-0.39, 0.29) is 0 Å². The lowest BCUT2D eigenvalue weighted by Gasteiger charge is -2.29. The highest BCUT2D eigenvalue weighted by Gasteiger charge is 2.35. The van der Waals surface area contributed by atoms with Crippen LogP contribution in [-0.4, -0.2) is 30.6 Å². The molecule has 2 nitrogen and oxygen atoms in total. The van der Waals surface area contributed by atoms with Crippen molar-refractivity contribution in [2.45, 2.75) is 38.6 Å². The summed E-state index contributed by atoms with van der Waals surface area (Å²) in [6.07, 6.45) is 9.98. The molecule has 0 bridgehead atoms. The highest BCUT2D eigenvalue weighted by atomic mass is 15.2. The molecule has 2 unspecified atom stereocenters. The fourth-order valence-electron chi connectivity index (χ4n) is 2.61. The molecule has 2 rings (SSSR count). The van der Waals surface area contributed by atoms with E-state index in [2.05, 4.69) is 24.0 Å². The van der Waals surface area contributed by atoms with Crippen molar-refractivity contribution in [2.75, 3.05) is 19.6 Å². The number of nitrogens with zero attached hydrogens (tertiary/aromatic N) is 1. The number of allylic oxidation sites excluding steroid dienone is 1. The summed E-state index contributed by atoms with van der Waals surface area (Å²) in [4.78, 5) is 2.61. The molecule has 0 aromatic heterocycles. The minimum absolute atomic E-state index is 0.380. The van der Waals surface area contributed by atoms with E-state index >= 15 is 0 Å². The van der Waals surface area contributed by atoms with E-state index in [0.717, 1.165) is 6.54 Å². The predicted octanol–water partition coefficient (Wildman–Crippen LogP) is 1.77. The van der Waals surface area contributed by atoms with Gasteiger partial charge >= 0.3 is 0 Å². The van der Waals surface area contributed by atoms with Gasteiger partial charge in [0.25, 0.3) is 0 Å². The van der Waals surface area contributed by atoms with Crippen molar-refractivity contribution in [1.82, 2.24) is 4.90 Å². The summed E-state index contributed by atoms with van der Waals surface area (Å²) in [6, 6.07) is 0.706. The van der Waals surface area contributed by atoms with E-state index in [1.807, 2.05) is 0 Å². The summed E-state index contributed by atoms with van der Waals surface area (Å²) in [6.45, 7) is 5.58. The van der Waals surface area contributed by atoms with Gasteiger partial charge in [0.05, 0.1) is 0 Å². The number of nitrogens with two attached hydrogens (primary N) is 1. The Kier molecular flexibility index (Phi) is 2.93. The van der Waals surface area contributed by atoms with E-state index in [4.69, 9.17) is 5.73 Å². The minimum atomic E-state index is 0.380. The van der Waals surface area contributed by atoms with E-state index in [9.17, 15) is 0 Å². The Labute approximate surface area is 87.2 Å². The summed E-state index contributed by atoms with van der Waals surface area (Å²) < 4.78 is 0. The zero-order valence-corrected chi connectivity index (χ0v) is 9.21. The van der Waals surface area contributed by atoms with Crippen LogP contribution in [0.1, 0.15) is 32.6 Å². The maximum absolute atomic E-state index is 5.82. The van der Waals surface area contributed by atoms with Crippen LogP contribution in [0.2, 0.25) is 0 Å². The van der Waals surface area contributed by atoms with E-state index < -0.39 is 0 Å². The van der Waals surface area contributed by atoms with Crippen LogP contribution < -0.4 is 5.73 Å². The molecule has 2 heteroatoms. The third-order valence-corrected chi connectivity index (χ3v) is 3.78. The average molecular weight is 194 g/mol. The number of hydrogen-bond acceptors (Lipinski definition) is 2. The van der Waals surface area contributed by atoms with Crippen molar-refractivity contribution in [3.05, 3.63) is 12.2 Å². The Bertz CT molecular complexity index is 224. The zero-order valence-electron chi connectivity index (χ0n) is 9.21. The van der Waals surface area contributed by atoms with Gasteiger partial charge in [-0.25, -0.2) is 0 Å². The maximum Gasteiger partial charge on any atom is 0.0278 e. The van der Waals surface area contributed by atoms with E-state index in [1.165, 1.54) is 38.8 Å². The molecule has 2 atom stereocenters. The highest BCUT2D eigenvalue weighted by molar-refractivity contribution is 5.02. The second kappa shape index (κ2) is 4.03. The molecule has 0 spiro atoms. The van der Waals surface area contributed by atoms with Crippen molar-refractivity contribution in [3.63, 3.8) is 0 Å². The Morgan fingerprint density at radius 2 is 2.43 bits per heavy atom. The van der Waals surface area contributed by atoms with Crippen molar-refractivity contribution in [2.24, 2.45) is 11.1 Å². The van der Waals surface area contributed by atoms with Gasteiger partial charge in [0.15, 0.2) is 0 Å². The van der Waals surface area contributed by atoms with Crippen molar-refractivity contribution in [1.29, 1.82) is 0 Å². The molecule has 0 aromatic carbocycles. The first-order valence-electron chi connectivity index (χ1n) is 5.84. The van der Waals surface area contributed by atoms with Gasteiger partial charge in [-0.05, 0) is 44.2 Å². The first-order valence-corrected chi connectivity index (χ1v) is 5.84.